The van der Waals surface area contributed by atoms with Crippen LogP contribution in [0.15, 0.2) is 71.8 Å². The van der Waals surface area contributed by atoms with Crippen LogP contribution < -0.4 is 0 Å². The molecule has 0 spiro atoms. The average Bonchev–Trinajstić information content (AvgIpc) is 3.35. The summed E-state index contributed by atoms with van der Waals surface area (Å²) in [5.41, 5.74) is 1.61. The third-order valence-corrected chi connectivity index (χ3v) is 6.34. The van der Waals surface area contributed by atoms with Gasteiger partial charge in [-0.2, -0.15) is 5.26 Å². The van der Waals surface area contributed by atoms with Crippen LogP contribution in [0, 0.1) is 11.3 Å². The number of esters is 2. The summed E-state index contributed by atoms with van der Waals surface area (Å²) in [5.74, 6) is -3.54. The molecule has 0 N–H and O–H groups in total. The van der Waals surface area contributed by atoms with Gasteiger partial charge in [-0.25, -0.2) is 9.59 Å². The molecule has 2 aliphatic rings. The van der Waals surface area contributed by atoms with Gasteiger partial charge < -0.3 is 9.47 Å². The molecule has 0 radical (unpaired) electrons. The lowest BCUT2D eigenvalue weighted by Gasteiger charge is -2.14. The standard InChI is InChI=1S/C28H13F6NO4/c1-13(25(36)38-27(29,30)31)21-16-8-4-5-9-17(16)22-19(21)11-10-18-14-6-2-3-7-15(14)23(24(18)22)20(12-35)26(37)39-28(32,33)34/h2-11H,1H3/b21-13-,23-20-. The molecule has 0 amide bonds. The monoisotopic (exact) mass is 541 g/mol. The molecule has 0 saturated heterocycles. The van der Waals surface area contributed by atoms with Crippen molar-refractivity contribution < 1.29 is 45.4 Å². The Bertz CT molecular complexity index is 1690. The lowest BCUT2D eigenvalue weighted by Crippen LogP contribution is -2.21. The van der Waals surface area contributed by atoms with E-state index >= 15 is 0 Å². The molecule has 0 fully saturated rings. The number of ether oxygens (including phenoxy) is 2. The van der Waals surface area contributed by atoms with E-state index in [0.29, 0.717) is 33.4 Å². The maximum Gasteiger partial charge on any atom is 0.575 e. The van der Waals surface area contributed by atoms with Crippen molar-refractivity contribution in [1.82, 2.24) is 0 Å². The van der Waals surface area contributed by atoms with E-state index in [1.54, 1.807) is 54.6 Å². The Kier molecular flexibility index (Phi) is 5.86. The van der Waals surface area contributed by atoms with Crippen molar-refractivity contribution in [2.45, 2.75) is 19.6 Å². The average molecular weight is 541 g/mol. The number of nitriles is 1. The second-order valence-electron chi connectivity index (χ2n) is 8.53. The molecule has 0 atom stereocenters. The van der Waals surface area contributed by atoms with Gasteiger partial charge in [-0.15, -0.1) is 26.3 Å². The molecule has 0 bridgehead atoms. The topological polar surface area (TPSA) is 76.4 Å². The Labute approximate surface area is 216 Å². The molecule has 3 aromatic carbocycles. The van der Waals surface area contributed by atoms with E-state index < -0.39 is 30.2 Å². The van der Waals surface area contributed by atoms with E-state index in [0.717, 1.165) is 6.92 Å². The molecular formula is C28H13F6NO4. The number of benzene rings is 3. The van der Waals surface area contributed by atoms with Gasteiger partial charge in [0.25, 0.3) is 0 Å². The Hall–Kier alpha value is -4.85. The van der Waals surface area contributed by atoms with E-state index in [4.69, 9.17) is 0 Å². The fraction of sp³-hybridized carbons (Fsp3) is 0.107. The highest BCUT2D eigenvalue weighted by Gasteiger charge is 2.41. The molecule has 0 aromatic heterocycles. The molecule has 5 nitrogen and oxygen atoms in total. The lowest BCUT2D eigenvalue weighted by atomic mass is 9.90. The van der Waals surface area contributed by atoms with E-state index in [-0.39, 0.29) is 27.8 Å². The molecule has 0 unspecified atom stereocenters. The Balaban J connectivity index is 1.85. The molecule has 3 aromatic rings. The van der Waals surface area contributed by atoms with Crippen LogP contribution in [-0.2, 0) is 19.1 Å². The first-order valence-electron chi connectivity index (χ1n) is 11.1. The lowest BCUT2D eigenvalue weighted by molar-refractivity contribution is -0.305. The Morgan fingerprint density at radius 1 is 0.641 bits per heavy atom. The zero-order chi connectivity index (χ0) is 28.3. The van der Waals surface area contributed by atoms with E-state index in [2.05, 4.69) is 9.47 Å². The van der Waals surface area contributed by atoms with Crippen molar-refractivity contribution in [3.05, 3.63) is 94.1 Å². The summed E-state index contributed by atoms with van der Waals surface area (Å²) in [6.45, 7) is 1.16. The number of rotatable bonds is 2. The van der Waals surface area contributed by atoms with Crippen LogP contribution in [0.5, 0.6) is 0 Å². The number of carbonyl (C=O) groups is 2. The minimum atomic E-state index is -5.35. The molecule has 0 heterocycles. The number of carbonyl (C=O) groups excluding carboxylic acids is 2. The minimum Gasteiger partial charge on any atom is -0.369 e. The van der Waals surface area contributed by atoms with Gasteiger partial charge in [-0.3, -0.25) is 0 Å². The maximum atomic E-state index is 12.9. The number of hydrogen-bond donors (Lipinski definition) is 0. The first kappa shape index (κ1) is 25.8. The van der Waals surface area contributed by atoms with E-state index in [1.165, 1.54) is 12.1 Å². The van der Waals surface area contributed by atoms with E-state index in [9.17, 15) is 41.2 Å². The quantitative estimate of drug-likeness (QED) is 0.105. The normalized spacial score (nSPS) is 15.8. The van der Waals surface area contributed by atoms with Crippen LogP contribution in [0.1, 0.15) is 29.2 Å². The highest BCUT2D eigenvalue weighted by molar-refractivity contribution is 6.19. The molecule has 11 heteroatoms. The summed E-state index contributed by atoms with van der Waals surface area (Å²) >= 11 is 0. The van der Waals surface area contributed by atoms with Gasteiger partial charge in [-0.1, -0.05) is 60.7 Å². The second-order valence-corrected chi connectivity index (χ2v) is 8.53. The molecular weight excluding hydrogens is 528 g/mol. The number of nitrogens with zero attached hydrogens (tertiary/aromatic N) is 1. The summed E-state index contributed by atoms with van der Waals surface area (Å²) in [4.78, 5) is 24.9. The fourth-order valence-electron chi connectivity index (χ4n) is 5.02. The van der Waals surface area contributed by atoms with Crippen molar-refractivity contribution in [2.24, 2.45) is 0 Å². The first-order chi connectivity index (χ1) is 18.3. The van der Waals surface area contributed by atoms with Gasteiger partial charge in [0.15, 0.2) is 0 Å². The van der Waals surface area contributed by atoms with Gasteiger partial charge in [-0.05, 0) is 45.9 Å². The largest absolute Gasteiger partial charge is 0.575 e. The zero-order valence-electron chi connectivity index (χ0n) is 19.6. The third kappa shape index (κ3) is 4.33. The van der Waals surface area contributed by atoms with Gasteiger partial charge in [0.2, 0.25) is 0 Å². The summed E-state index contributed by atoms with van der Waals surface area (Å²) < 4.78 is 84.4. The minimum absolute atomic E-state index is 0.115. The van der Waals surface area contributed by atoms with Gasteiger partial charge >= 0.3 is 24.7 Å². The van der Waals surface area contributed by atoms with E-state index in [1.807, 2.05) is 0 Å². The van der Waals surface area contributed by atoms with Crippen LogP contribution in [-0.4, -0.2) is 24.7 Å². The molecule has 0 saturated carbocycles. The fourth-order valence-corrected chi connectivity index (χ4v) is 5.02. The summed E-state index contributed by atoms with van der Waals surface area (Å²) in [7, 11) is 0. The van der Waals surface area contributed by atoms with Crippen molar-refractivity contribution in [1.29, 1.82) is 5.26 Å². The summed E-state index contributed by atoms with van der Waals surface area (Å²) in [5, 5.41) is 9.82. The van der Waals surface area contributed by atoms with Crippen LogP contribution >= 0.6 is 0 Å². The molecule has 39 heavy (non-hydrogen) atoms. The molecule has 5 rings (SSSR count). The molecule has 2 aliphatic carbocycles. The van der Waals surface area contributed by atoms with Gasteiger partial charge in [0, 0.05) is 22.3 Å². The number of hydrogen-bond acceptors (Lipinski definition) is 5. The smallest absolute Gasteiger partial charge is 0.369 e. The number of alkyl halides is 6. The van der Waals surface area contributed by atoms with Crippen molar-refractivity contribution >= 4 is 23.1 Å². The van der Waals surface area contributed by atoms with Gasteiger partial charge in [0.05, 0.1) is 0 Å². The highest BCUT2D eigenvalue weighted by Crippen LogP contribution is 2.56. The third-order valence-electron chi connectivity index (χ3n) is 6.34. The van der Waals surface area contributed by atoms with Crippen molar-refractivity contribution in [3.63, 3.8) is 0 Å². The molecule has 196 valence electrons. The number of fused-ring (bicyclic) bond motifs is 7. The first-order valence-corrected chi connectivity index (χ1v) is 11.1. The van der Waals surface area contributed by atoms with Crippen molar-refractivity contribution in [3.8, 4) is 28.3 Å². The molecule has 0 aliphatic heterocycles. The predicted octanol–water partition coefficient (Wildman–Crippen LogP) is 6.92. The second kappa shape index (κ2) is 8.87. The SMILES string of the molecule is C/C(C(=O)OC(F)(F)F)=C1\c2ccccc2-c2c1ccc1c2/C(=C(/C#N)C(=O)OC(F)(F)F)c2ccccc2-1. The zero-order valence-corrected chi connectivity index (χ0v) is 19.6. The van der Waals surface area contributed by atoms with Crippen LogP contribution in [0.2, 0.25) is 0 Å². The highest BCUT2D eigenvalue weighted by atomic mass is 19.4. The van der Waals surface area contributed by atoms with Crippen LogP contribution in [0.4, 0.5) is 26.3 Å². The van der Waals surface area contributed by atoms with Crippen LogP contribution in [0.25, 0.3) is 33.4 Å². The Morgan fingerprint density at radius 3 is 1.69 bits per heavy atom. The Morgan fingerprint density at radius 2 is 1.13 bits per heavy atom. The summed E-state index contributed by atoms with van der Waals surface area (Å²) in [6, 6.07) is 17.5. The van der Waals surface area contributed by atoms with Crippen LogP contribution in [0.3, 0.4) is 0 Å². The number of halogens is 6. The van der Waals surface area contributed by atoms with Gasteiger partial charge in [0.1, 0.15) is 11.6 Å². The summed E-state index contributed by atoms with van der Waals surface area (Å²) in [6.07, 6.45) is -10.6. The van der Waals surface area contributed by atoms with Crippen molar-refractivity contribution in [2.75, 3.05) is 0 Å². The maximum absolute atomic E-state index is 12.9. The predicted molar refractivity (Wildman–Crippen MR) is 125 cm³/mol.